The predicted octanol–water partition coefficient (Wildman–Crippen LogP) is 3.56. The Bertz CT molecular complexity index is 500. The normalized spacial score (nSPS) is 26.7. The van der Waals surface area contributed by atoms with E-state index in [4.69, 9.17) is 15.2 Å². The van der Waals surface area contributed by atoms with E-state index in [1.807, 2.05) is 0 Å². The van der Waals surface area contributed by atoms with Crippen LogP contribution in [0.5, 0.6) is 0 Å². The minimum absolute atomic E-state index is 0.0847. The monoisotopic (exact) mass is 357 g/mol. The minimum atomic E-state index is -0.239. The number of halogens is 2. The Morgan fingerprint density at radius 1 is 1.29 bits per heavy atom. The molecule has 21 heavy (non-hydrogen) atoms. The van der Waals surface area contributed by atoms with Gasteiger partial charge in [0.15, 0.2) is 0 Å². The lowest BCUT2D eigenvalue weighted by molar-refractivity contribution is -0.149. The first-order valence-corrected chi connectivity index (χ1v) is 8.31. The minimum Gasteiger partial charge on any atom is -0.381 e. The molecule has 0 aromatic heterocycles. The number of benzene rings is 1. The van der Waals surface area contributed by atoms with Crippen LogP contribution in [0.3, 0.4) is 0 Å². The molecule has 3 rings (SSSR count). The summed E-state index contributed by atoms with van der Waals surface area (Å²) in [6.45, 7) is 2.24. The van der Waals surface area contributed by atoms with Crippen LogP contribution in [0.2, 0.25) is 0 Å². The smallest absolute Gasteiger partial charge is 0.123 e. The highest BCUT2D eigenvalue weighted by molar-refractivity contribution is 9.10. The third-order valence-corrected chi connectivity index (χ3v) is 5.48. The van der Waals surface area contributed by atoms with Crippen LogP contribution in [0.1, 0.15) is 37.3 Å². The van der Waals surface area contributed by atoms with Crippen molar-refractivity contribution in [1.29, 1.82) is 0 Å². The van der Waals surface area contributed by atoms with Crippen LogP contribution in [0, 0.1) is 11.7 Å². The molecule has 2 fully saturated rings. The second kappa shape index (κ2) is 6.32. The fraction of sp³-hybridized carbons (Fsp3) is 0.625. The first kappa shape index (κ1) is 15.4. The Hall–Kier alpha value is -0.490. The summed E-state index contributed by atoms with van der Waals surface area (Å²) in [4.78, 5) is 0. The van der Waals surface area contributed by atoms with E-state index in [0.717, 1.165) is 55.5 Å². The summed E-state index contributed by atoms with van der Waals surface area (Å²) in [6, 6.07) is 4.55. The summed E-state index contributed by atoms with van der Waals surface area (Å²) in [5.41, 5.74) is 7.21. The molecule has 2 aliphatic rings. The van der Waals surface area contributed by atoms with Crippen LogP contribution < -0.4 is 5.73 Å². The van der Waals surface area contributed by atoms with Gasteiger partial charge in [0.2, 0.25) is 0 Å². The molecule has 0 saturated carbocycles. The molecule has 2 atom stereocenters. The molecule has 0 aliphatic carbocycles. The van der Waals surface area contributed by atoms with Crippen LogP contribution in [0.25, 0.3) is 0 Å². The van der Waals surface area contributed by atoms with Gasteiger partial charge in [-0.25, -0.2) is 4.39 Å². The SMILES string of the molecule is NC(c1cc(F)ccc1Br)C1CCOC2(CCOCC2)C1. The lowest BCUT2D eigenvalue weighted by Gasteiger charge is -2.44. The molecule has 5 heteroatoms. The molecule has 2 heterocycles. The van der Waals surface area contributed by atoms with Crippen molar-refractivity contribution in [2.45, 2.75) is 37.3 Å². The number of hydrogen-bond donors (Lipinski definition) is 1. The number of nitrogens with two attached hydrogens (primary N) is 1. The zero-order chi connectivity index (χ0) is 14.9. The van der Waals surface area contributed by atoms with Crippen LogP contribution in [0.15, 0.2) is 22.7 Å². The second-order valence-corrected chi connectivity index (χ2v) is 6.94. The highest BCUT2D eigenvalue weighted by Gasteiger charge is 2.41. The number of rotatable bonds is 2. The van der Waals surface area contributed by atoms with Gasteiger partial charge in [0.05, 0.1) is 5.60 Å². The maximum Gasteiger partial charge on any atom is 0.123 e. The van der Waals surface area contributed by atoms with Crippen molar-refractivity contribution in [2.24, 2.45) is 11.7 Å². The van der Waals surface area contributed by atoms with Gasteiger partial charge in [-0.05, 0) is 55.4 Å². The van der Waals surface area contributed by atoms with E-state index in [-0.39, 0.29) is 17.5 Å². The maximum atomic E-state index is 13.5. The highest BCUT2D eigenvalue weighted by Crippen LogP contribution is 2.42. The first-order chi connectivity index (χ1) is 10.1. The van der Waals surface area contributed by atoms with Crippen LogP contribution in [-0.4, -0.2) is 25.4 Å². The van der Waals surface area contributed by atoms with E-state index in [9.17, 15) is 4.39 Å². The van der Waals surface area contributed by atoms with Crippen molar-refractivity contribution in [2.75, 3.05) is 19.8 Å². The summed E-state index contributed by atoms with van der Waals surface area (Å²) in [5, 5.41) is 0. The van der Waals surface area contributed by atoms with E-state index >= 15 is 0 Å². The van der Waals surface area contributed by atoms with Crippen LogP contribution in [0.4, 0.5) is 4.39 Å². The first-order valence-electron chi connectivity index (χ1n) is 7.52. The largest absolute Gasteiger partial charge is 0.381 e. The summed E-state index contributed by atoms with van der Waals surface area (Å²) in [6.07, 6.45) is 3.72. The van der Waals surface area contributed by atoms with Crippen LogP contribution >= 0.6 is 15.9 Å². The van der Waals surface area contributed by atoms with E-state index in [1.165, 1.54) is 6.07 Å². The molecule has 2 unspecified atom stereocenters. The van der Waals surface area contributed by atoms with Gasteiger partial charge >= 0.3 is 0 Å². The molecule has 0 bridgehead atoms. The van der Waals surface area contributed by atoms with Crippen molar-refractivity contribution < 1.29 is 13.9 Å². The zero-order valence-electron chi connectivity index (χ0n) is 12.0. The molecule has 0 radical (unpaired) electrons. The van der Waals surface area contributed by atoms with Gasteiger partial charge < -0.3 is 15.2 Å². The van der Waals surface area contributed by atoms with E-state index in [1.54, 1.807) is 12.1 Å². The van der Waals surface area contributed by atoms with Gasteiger partial charge in [0, 0.05) is 30.3 Å². The molecule has 1 aromatic rings. The van der Waals surface area contributed by atoms with E-state index < -0.39 is 0 Å². The fourth-order valence-electron chi connectivity index (χ4n) is 3.49. The average molecular weight is 358 g/mol. The topological polar surface area (TPSA) is 44.5 Å². The quantitative estimate of drug-likeness (QED) is 0.879. The molecule has 1 spiro atoms. The Morgan fingerprint density at radius 3 is 2.81 bits per heavy atom. The Labute approximate surface area is 133 Å². The summed E-state index contributed by atoms with van der Waals surface area (Å²) in [5.74, 6) is 0.0754. The van der Waals surface area contributed by atoms with Gasteiger partial charge in [0.25, 0.3) is 0 Å². The lowest BCUT2D eigenvalue weighted by Crippen LogP contribution is -2.46. The van der Waals surface area contributed by atoms with E-state index in [0.29, 0.717) is 5.92 Å². The Kier molecular flexibility index (Phi) is 4.64. The third-order valence-electron chi connectivity index (χ3n) is 4.76. The fourth-order valence-corrected chi connectivity index (χ4v) is 4.00. The van der Waals surface area contributed by atoms with Gasteiger partial charge in [-0.1, -0.05) is 15.9 Å². The van der Waals surface area contributed by atoms with Crippen LogP contribution in [-0.2, 0) is 9.47 Å². The highest BCUT2D eigenvalue weighted by atomic mass is 79.9. The third kappa shape index (κ3) is 3.31. The summed E-state index contributed by atoms with van der Waals surface area (Å²) < 4.78 is 25.9. The average Bonchev–Trinajstić information content (AvgIpc) is 2.50. The van der Waals surface area contributed by atoms with Crippen molar-refractivity contribution >= 4 is 15.9 Å². The van der Waals surface area contributed by atoms with Gasteiger partial charge in [-0.3, -0.25) is 0 Å². The maximum absolute atomic E-state index is 13.5. The molecule has 3 nitrogen and oxygen atoms in total. The Balaban J connectivity index is 1.77. The molecule has 2 N–H and O–H groups in total. The molecule has 2 saturated heterocycles. The van der Waals surface area contributed by atoms with Gasteiger partial charge in [-0.15, -0.1) is 0 Å². The standard InChI is InChI=1S/C16H21BrFNO2/c17-14-2-1-12(18)9-13(14)15(19)11-3-6-21-16(10-11)4-7-20-8-5-16/h1-2,9,11,15H,3-8,10,19H2. The van der Waals surface area contributed by atoms with Crippen molar-refractivity contribution in [1.82, 2.24) is 0 Å². The predicted molar refractivity (Wildman–Crippen MR) is 82.5 cm³/mol. The van der Waals surface area contributed by atoms with Crippen molar-refractivity contribution in [3.05, 3.63) is 34.1 Å². The van der Waals surface area contributed by atoms with Gasteiger partial charge in [0.1, 0.15) is 5.82 Å². The van der Waals surface area contributed by atoms with Crippen molar-refractivity contribution in [3.8, 4) is 0 Å². The number of hydrogen-bond acceptors (Lipinski definition) is 3. The molecular weight excluding hydrogens is 337 g/mol. The molecule has 0 amide bonds. The molecule has 2 aliphatic heterocycles. The zero-order valence-corrected chi connectivity index (χ0v) is 13.6. The number of ether oxygens (including phenoxy) is 2. The lowest BCUT2D eigenvalue weighted by atomic mass is 9.76. The summed E-state index contributed by atoms with van der Waals surface area (Å²) in [7, 11) is 0. The van der Waals surface area contributed by atoms with Gasteiger partial charge in [-0.2, -0.15) is 0 Å². The molecular formula is C16H21BrFNO2. The Morgan fingerprint density at radius 2 is 2.05 bits per heavy atom. The molecule has 116 valence electrons. The second-order valence-electron chi connectivity index (χ2n) is 6.09. The van der Waals surface area contributed by atoms with E-state index in [2.05, 4.69) is 15.9 Å². The molecule has 1 aromatic carbocycles. The summed E-state index contributed by atoms with van der Waals surface area (Å²) >= 11 is 3.49. The van der Waals surface area contributed by atoms with Crippen molar-refractivity contribution in [3.63, 3.8) is 0 Å².